The minimum absolute atomic E-state index is 0.00567. The summed E-state index contributed by atoms with van der Waals surface area (Å²) in [6.07, 6.45) is 0.135. The summed E-state index contributed by atoms with van der Waals surface area (Å²) in [5.41, 5.74) is 3.56. The van der Waals surface area contributed by atoms with Gasteiger partial charge < -0.3 is 9.47 Å². The molecule has 0 aromatic heterocycles. The Kier molecular flexibility index (Phi) is 4.43. The predicted octanol–water partition coefficient (Wildman–Crippen LogP) is 5.47. The van der Waals surface area contributed by atoms with Crippen LogP contribution in [0.4, 0.5) is 4.39 Å². The lowest BCUT2D eigenvalue weighted by Gasteiger charge is -2.38. The molecule has 146 valence electrons. The Morgan fingerprint density at radius 2 is 1.72 bits per heavy atom. The molecule has 2 aliphatic rings. The molecule has 5 rings (SSSR count). The van der Waals surface area contributed by atoms with Gasteiger partial charge in [-0.1, -0.05) is 36.4 Å². The molecule has 2 aliphatic heterocycles. The zero-order chi connectivity index (χ0) is 19.8. The molecular formula is C24H21FN2O2. The second kappa shape index (κ2) is 7.24. The highest BCUT2D eigenvalue weighted by molar-refractivity contribution is 6.02. The van der Waals surface area contributed by atoms with Gasteiger partial charge in [-0.3, -0.25) is 0 Å². The van der Waals surface area contributed by atoms with Crippen molar-refractivity contribution in [1.82, 2.24) is 5.01 Å². The van der Waals surface area contributed by atoms with E-state index in [1.165, 1.54) is 6.07 Å². The van der Waals surface area contributed by atoms with E-state index >= 15 is 0 Å². The van der Waals surface area contributed by atoms with E-state index < -0.39 is 6.23 Å². The summed E-state index contributed by atoms with van der Waals surface area (Å²) in [7, 11) is 0. The van der Waals surface area contributed by atoms with Crippen molar-refractivity contribution in [2.45, 2.75) is 25.6 Å². The number of hydrazone groups is 1. The van der Waals surface area contributed by atoms with Gasteiger partial charge in [0.2, 0.25) is 6.23 Å². The van der Waals surface area contributed by atoms with Crippen LogP contribution >= 0.6 is 0 Å². The lowest BCUT2D eigenvalue weighted by atomic mass is 9.96. The van der Waals surface area contributed by atoms with Crippen molar-refractivity contribution in [1.29, 1.82) is 0 Å². The largest absolute Gasteiger partial charge is 0.494 e. The Balaban J connectivity index is 1.55. The number of hydrogen-bond acceptors (Lipinski definition) is 4. The molecule has 0 saturated heterocycles. The monoisotopic (exact) mass is 388 g/mol. The molecule has 29 heavy (non-hydrogen) atoms. The van der Waals surface area contributed by atoms with E-state index in [9.17, 15) is 4.39 Å². The molecular weight excluding hydrogens is 367 g/mol. The Morgan fingerprint density at radius 3 is 2.48 bits per heavy atom. The summed E-state index contributed by atoms with van der Waals surface area (Å²) in [5.74, 6) is 1.33. The molecule has 0 saturated carbocycles. The fourth-order valence-electron chi connectivity index (χ4n) is 4.00. The van der Waals surface area contributed by atoms with Gasteiger partial charge in [0, 0.05) is 12.0 Å². The van der Waals surface area contributed by atoms with Gasteiger partial charge in [-0.05, 0) is 48.9 Å². The van der Waals surface area contributed by atoms with E-state index in [0.29, 0.717) is 12.2 Å². The molecule has 3 aromatic carbocycles. The summed E-state index contributed by atoms with van der Waals surface area (Å²) in [5, 5.41) is 6.77. The molecule has 5 heteroatoms. The van der Waals surface area contributed by atoms with E-state index in [0.717, 1.165) is 34.8 Å². The van der Waals surface area contributed by atoms with Gasteiger partial charge in [-0.25, -0.2) is 9.40 Å². The fraction of sp³-hybridized carbons (Fsp3) is 0.208. The van der Waals surface area contributed by atoms with Crippen molar-refractivity contribution in [3.63, 3.8) is 0 Å². The van der Waals surface area contributed by atoms with E-state index in [4.69, 9.17) is 14.6 Å². The van der Waals surface area contributed by atoms with Crippen molar-refractivity contribution in [3.05, 3.63) is 95.3 Å². The quantitative estimate of drug-likeness (QED) is 0.595. The Morgan fingerprint density at radius 1 is 1.00 bits per heavy atom. The molecule has 0 aliphatic carbocycles. The van der Waals surface area contributed by atoms with Crippen LogP contribution in [0.2, 0.25) is 0 Å². The average molecular weight is 388 g/mol. The van der Waals surface area contributed by atoms with Crippen LogP contribution < -0.4 is 9.47 Å². The van der Waals surface area contributed by atoms with E-state index in [1.807, 2.05) is 60.5 Å². The fourth-order valence-corrected chi connectivity index (χ4v) is 4.00. The van der Waals surface area contributed by atoms with Gasteiger partial charge in [0.1, 0.15) is 17.3 Å². The second-order valence-electron chi connectivity index (χ2n) is 7.13. The highest BCUT2D eigenvalue weighted by Gasteiger charge is 2.41. The maximum absolute atomic E-state index is 14.6. The van der Waals surface area contributed by atoms with Crippen LogP contribution in [0.3, 0.4) is 0 Å². The first kappa shape index (κ1) is 17.7. The first-order valence-electron chi connectivity index (χ1n) is 9.83. The number of fused-ring (bicyclic) bond motifs is 3. The van der Waals surface area contributed by atoms with Crippen molar-refractivity contribution in [3.8, 4) is 11.5 Å². The third kappa shape index (κ3) is 3.12. The molecule has 0 fully saturated rings. The topological polar surface area (TPSA) is 34.1 Å². The van der Waals surface area contributed by atoms with Gasteiger partial charge >= 0.3 is 0 Å². The smallest absolute Gasteiger partial charge is 0.216 e. The lowest BCUT2D eigenvalue weighted by molar-refractivity contribution is -0.0212. The van der Waals surface area contributed by atoms with Gasteiger partial charge in [-0.15, -0.1) is 0 Å². The van der Waals surface area contributed by atoms with Gasteiger partial charge in [0.25, 0.3) is 0 Å². The Hall–Kier alpha value is -3.34. The Labute approximate surface area is 169 Å². The first-order valence-corrected chi connectivity index (χ1v) is 9.83. The SMILES string of the molecule is CCOc1ccc(C2=NN3C(C2)c2ccccc2OC3c2ccccc2F)cc1. The van der Waals surface area contributed by atoms with Crippen LogP contribution in [-0.2, 0) is 0 Å². The third-order valence-electron chi connectivity index (χ3n) is 5.37. The maximum atomic E-state index is 14.6. The van der Waals surface area contributed by atoms with Crippen molar-refractivity contribution in [2.75, 3.05) is 6.61 Å². The van der Waals surface area contributed by atoms with E-state index in [2.05, 4.69) is 6.07 Å². The van der Waals surface area contributed by atoms with Gasteiger partial charge in [-0.2, -0.15) is 5.10 Å². The molecule has 2 atom stereocenters. The van der Waals surface area contributed by atoms with Gasteiger partial charge in [0.15, 0.2) is 0 Å². The lowest BCUT2D eigenvalue weighted by Crippen LogP contribution is -2.34. The molecule has 0 amide bonds. The zero-order valence-corrected chi connectivity index (χ0v) is 16.1. The van der Waals surface area contributed by atoms with Crippen LogP contribution in [0.5, 0.6) is 11.5 Å². The summed E-state index contributed by atoms with van der Waals surface area (Å²) < 4.78 is 26.3. The molecule has 0 spiro atoms. The summed E-state index contributed by atoms with van der Waals surface area (Å²) in [6, 6.07) is 22.6. The number of hydrogen-bond donors (Lipinski definition) is 0. The highest BCUT2D eigenvalue weighted by atomic mass is 19.1. The van der Waals surface area contributed by atoms with E-state index in [1.54, 1.807) is 12.1 Å². The maximum Gasteiger partial charge on any atom is 0.216 e. The molecule has 0 radical (unpaired) electrons. The molecule has 3 aromatic rings. The second-order valence-corrected chi connectivity index (χ2v) is 7.13. The van der Waals surface area contributed by atoms with Crippen LogP contribution in [-0.4, -0.2) is 17.3 Å². The van der Waals surface area contributed by atoms with Gasteiger partial charge in [0.05, 0.1) is 23.9 Å². The summed E-state index contributed by atoms with van der Waals surface area (Å²) in [4.78, 5) is 0. The number of nitrogens with zero attached hydrogens (tertiary/aromatic N) is 2. The van der Waals surface area contributed by atoms with Crippen LogP contribution in [0.25, 0.3) is 0 Å². The first-order chi connectivity index (χ1) is 14.2. The molecule has 4 nitrogen and oxygen atoms in total. The Bertz CT molecular complexity index is 1060. The van der Waals surface area contributed by atoms with E-state index in [-0.39, 0.29) is 11.9 Å². The number of halogens is 1. The third-order valence-corrected chi connectivity index (χ3v) is 5.37. The molecule has 2 heterocycles. The number of benzene rings is 3. The van der Waals surface area contributed by atoms with Crippen LogP contribution in [0.15, 0.2) is 77.9 Å². The van der Waals surface area contributed by atoms with Crippen LogP contribution in [0.1, 0.15) is 42.3 Å². The molecule has 0 N–H and O–H groups in total. The standard InChI is InChI=1S/C24H21FN2O2/c1-2-28-17-13-11-16(12-14-17)21-15-22-19-8-4-6-10-23(19)29-24(27(22)26-21)18-7-3-5-9-20(18)25/h3-14,22,24H,2,15H2,1H3. The highest BCUT2D eigenvalue weighted by Crippen LogP contribution is 2.47. The van der Waals surface area contributed by atoms with Crippen molar-refractivity contribution >= 4 is 5.71 Å². The normalized spacial score (nSPS) is 19.8. The van der Waals surface area contributed by atoms with Crippen molar-refractivity contribution in [2.24, 2.45) is 5.10 Å². The number of ether oxygens (including phenoxy) is 2. The number of para-hydroxylation sites is 1. The minimum atomic E-state index is -0.601. The molecule has 0 bridgehead atoms. The van der Waals surface area contributed by atoms with Crippen molar-refractivity contribution < 1.29 is 13.9 Å². The minimum Gasteiger partial charge on any atom is -0.494 e. The summed E-state index contributed by atoms with van der Waals surface area (Å²) in [6.45, 7) is 2.60. The number of rotatable bonds is 4. The summed E-state index contributed by atoms with van der Waals surface area (Å²) >= 11 is 0. The predicted molar refractivity (Wildman–Crippen MR) is 110 cm³/mol. The van der Waals surface area contributed by atoms with Crippen LogP contribution in [0, 0.1) is 5.82 Å². The molecule has 2 unspecified atom stereocenters. The zero-order valence-electron chi connectivity index (χ0n) is 16.1. The average Bonchev–Trinajstić information content (AvgIpc) is 3.20.